The minimum absolute atomic E-state index is 0.176. The lowest BCUT2D eigenvalue weighted by molar-refractivity contribution is -0.116. The molecule has 2 amide bonds. The summed E-state index contributed by atoms with van der Waals surface area (Å²) in [6.45, 7) is 6.18. The predicted octanol–water partition coefficient (Wildman–Crippen LogP) is 4.92. The summed E-state index contributed by atoms with van der Waals surface area (Å²) < 4.78 is 17.2. The highest BCUT2D eigenvalue weighted by molar-refractivity contribution is 7.19. The maximum absolute atomic E-state index is 15.6. The molecule has 0 radical (unpaired) electrons. The number of hydrogen-bond acceptors (Lipinski definition) is 7. The summed E-state index contributed by atoms with van der Waals surface area (Å²) in [5.41, 5.74) is 4.75. The molecule has 0 atom stereocenters. The van der Waals surface area contributed by atoms with Gasteiger partial charge in [-0.25, -0.2) is 14.1 Å². The number of carbonyl (C=O) groups excluding carboxylic acids is 2. The molecule has 2 N–H and O–H groups in total. The summed E-state index contributed by atoms with van der Waals surface area (Å²) in [6, 6.07) is 8.72. The van der Waals surface area contributed by atoms with Crippen LogP contribution in [-0.4, -0.2) is 56.1 Å². The van der Waals surface area contributed by atoms with Gasteiger partial charge in [-0.3, -0.25) is 14.6 Å². The molecule has 202 valence electrons. The number of rotatable bonds is 8. The molecular formula is C28H30FN7O2S. The van der Waals surface area contributed by atoms with Crippen LogP contribution in [0, 0.1) is 5.82 Å². The minimum atomic E-state index is -0.520. The quantitative estimate of drug-likeness (QED) is 0.324. The van der Waals surface area contributed by atoms with Crippen LogP contribution in [-0.2, 0) is 22.4 Å². The first-order chi connectivity index (χ1) is 18.7. The second-order valence-corrected chi connectivity index (χ2v) is 10.8. The van der Waals surface area contributed by atoms with Crippen molar-refractivity contribution in [3.05, 3.63) is 59.8 Å². The number of pyridine rings is 1. The van der Waals surface area contributed by atoms with Gasteiger partial charge >= 0.3 is 0 Å². The molecule has 39 heavy (non-hydrogen) atoms. The molecule has 1 aromatic carbocycles. The van der Waals surface area contributed by atoms with Crippen molar-refractivity contribution < 1.29 is 14.0 Å². The van der Waals surface area contributed by atoms with Crippen molar-refractivity contribution in [2.45, 2.75) is 46.1 Å². The number of aromatic nitrogens is 4. The fourth-order valence-corrected chi connectivity index (χ4v) is 5.61. The van der Waals surface area contributed by atoms with E-state index >= 15 is 4.39 Å². The van der Waals surface area contributed by atoms with E-state index in [-0.39, 0.29) is 17.5 Å². The van der Waals surface area contributed by atoms with E-state index < -0.39 is 5.82 Å². The van der Waals surface area contributed by atoms with Crippen LogP contribution in [0.25, 0.3) is 27.5 Å². The molecule has 4 aromatic rings. The maximum Gasteiger partial charge on any atom is 0.225 e. The van der Waals surface area contributed by atoms with Crippen LogP contribution in [0.5, 0.6) is 0 Å². The van der Waals surface area contributed by atoms with Crippen LogP contribution in [0.2, 0.25) is 0 Å². The molecule has 0 spiro atoms. The normalized spacial score (nSPS) is 12.4. The van der Waals surface area contributed by atoms with Crippen LogP contribution in [0.4, 0.5) is 15.2 Å². The van der Waals surface area contributed by atoms with Gasteiger partial charge in [0, 0.05) is 55.1 Å². The number of anilines is 2. The predicted molar refractivity (Wildman–Crippen MR) is 151 cm³/mol. The Morgan fingerprint density at radius 3 is 2.72 bits per heavy atom. The third kappa shape index (κ3) is 5.59. The van der Waals surface area contributed by atoms with E-state index in [0.717, 1.165) is 33.1 Å². The highest BCUT2D eigenvalue weighted by Crippen LogP contribution is 2.44. The van der Waals surface area contributed by atoms with Gasteiger partial charge in [-0.15, -0.1) is 0 Å². The summed E-state index contributed by atoms with van der Waals surface area (Å²) in [5, 5.41) is 10.9. The summed E-state index contributed by atoms with van der Waals surface area (Å²) >= 11 is 1.35. The second kappa shape index (κ2) is 11.0. The molecule has 0 fully saturated rings. The topological polar surface area (TPSA) is 105 Å². The Morgan fingerprint density at radius 2 is 2.03 bits per heavy atom. The number of nitrogens with one attached hydrogen (secondary N) is 2. The molecule has 0 aliphatic heterocycles. The van der Waals surface area contributed by atoms with E-state index in [9.17, 15) is 9.59 Å². The van der Waals surface area contributed by atoms with Gasteiger partial charge < -0.3 is 15.5 Å². The van der Waals surface area contributed by atoms with Gasteiger partial charge in [0.15, 0.2) is 10.9 Å². The molecule has 5 rings (SSSR count). The average Bonchev–Trinajstić information content (AvgIpc) is 3.48. The largest absolute Gasteiger partial charge is 0.326 e. The molecule has 1 aliphatic carbocycles. The Kier molecular flexibility index (Phi) is 7.53. The van der Waals surface area contributed by atoms with Gasteiger partial charge in [0.2, 0.25) is 11.8 Å². The lowest BCUT2D eigenvalue weighted by atomic mass is 9.95. The van der Waals surface area contributed by atoms with Crippen LogP contribution in [0.1, 0.15) is 38.4 Å². The molecule has 11 heteroatoms. The molecule has 0 saturated heterocycles. The van der Waals surface area contributed by atoms with Crippen molar-refractivity contribution in [3.8, 4) is 27.5 Å². The van der Waals surface area contributed by atoms with Crippen LogP contribution in [0.15, 0.2) is 42.7 Å². The highest BCUT2D eigenvalue weighted by atomic mass is 32.1. The van der Waals surface area contributed by atoms with Crippen LogP contribution in [0.3, 0.4) is 0 Å². The molecule has 3 heterocycles. The van der Waals surface area contributed by atoms with Crippen LogP contribution < -0.4 is 10.6 Å². The smallest absolute Gasteiger partial charge is 0.225 e. The molecule has 3 aromatic heterocycles. The number of halogens is 1. The molecule has 9 nitrogen and oxygen atoms in total. The summed E-state index contributed by atoms with van der Waals surface area (Å²) in [7, 11) is 1.96. The first-order valence-electron chi connectivity index (χ1n) is 12.8. The van der Waals surface area contributed by atoms with Gasteiger partial charge in [-0.1, -0.05) is 11.3 Å². The number of amides is 2. The lowest BCUT2D eigenvalue weighted by Gasteiger charge is -2.20. The minimum Gasteiger partial charge on any atom is -0.326 e. The number of fused-ring (bicyclic) bond motifs is 3. The molecule has 0 saturated carbocycles. The molecular weight excluding hydrogens is 517 g/mol. The van der Waals surface area contributed by atoms with Gasteiger partial charge in [-0.05, 0) is 64.1 Å². The van der Waals surface area contributed by atoms with E-state index in [0.29, 0.717) is 42.7 Å². The zero-order valence-corrected chi connectivity index (χ0v) is 23.1. The second-order valence-electron chi connectivity index (χ2n) is 9.84. The third-order valence-corrected chi connectivity index (χ3v) is 7.78. The number of aryl methyl sites for hydroxylation is 1. The van der Waals surface area contributed by atoms with Crippen molar-refractivity contribution in [2.24, 2.45) is 0 Å². The Morgan fingerprint density at radius 1 is 1.21 bits per heavy atom. The number of carbonyl (C=O) groups is 2. The Balaban J connectivity index is 1.52. The van der Waals surface area contributed by atoms with Crippen molar-refractivity contribution in [3.63, 3.8) is 0 Å². The number of thiazole rings is 1. The van der Waals surface area contributed by atoms with Gasteiger partial charge in [-0.2, -0.15) is 5.10 Å². The SMILES string of the molecule is CC(=O)Nc1nc2c(s1)-c1c(c(-c3cccnc3)nn1-c1ccc(NC(=O)CCN(C)C(C)C)cc1F)CC2. The average molecular weight is 548 g/mol. The fraction of sp³-hybridized carbons (Fsp3) is 0.321. The van der Waals surface area contributed by atoms with E-state index in [4.69, 9.17) is 5.10 Å². The van der Waals surface area contributed by atoms with E-state index in [2.05, 4.69) is 39.3 Å². The number of hydrogen-bond donors (Lipinski definition) is 2. The number of nitrogens with zero attached hydrogens (tertiary/aromatic N) is 5. The third-order valence-electron chi connectivity index (χ3n) is 6.76. The summed E-state index contributed by atoms with van der Waals surface area (Å²) in [4.78, 5) is 35.9. The van der Waals surface area contributed by atoms with Crippen molar-refractivity contribution >= 4 is 34.0 Å². The van der Waals surface area contributed by atoms with Gasteiger partial charge in [0.1, 0.15) is 5.69 Å². The van der Waals surface area contributed by atoms with E-state index in [1.165, 1.54) is 24.3 Å². The van der Waals surface area contributed by atoms with Crippen molar-refractivity contribution in [1.82, 2.24) is 24.6 Å². The fourth-order valence-electron chi connectivity index (χ4n) is 4.50. The Hall–Kier alpha value is -3.96. The Bertz CT molecular complexity index is 1530. The lowest BCUT2D eigenvalue weighted by Crippen LogP contribution is -2.29. The highest BCUT2D eigenvalue weighted by Gasteiger charge is 2.30. The van der Waals surface area contributed by atoms with E-state index in [1.54, 1.807) is 29.2 Å². The molecule has 1 aliphatic rings. The van der Waals surface area contributed by atoms with E-state index in [1.807, 2.05) is 19.2 Å². The maximum atomic E-state index is 15.6. The van der Waals surface area contributed by atoms with Crippen molar-refractivity contribution in [2.75, 3.05) is 24.2 Å². The Labute approximate surface area is 230 Å². The first kappa shape index (κ1) is 26.6. The summed E-state index contributed by atoms with van der Waals surface area (Å²) in [5.74, 6) is -0.899. The first-order valence-corrected chi connectivity index (χ1v) is 13.6. The standard InChI is InChI=1S/C28H30FN7O2S/c1-16(2)35(4)13-11-24(38)32-19-7-10-23(21(29)14-19)36-26-20(25(34-36)18-6-5-12-30-15-18)8-9-22-27(26)39-28(33-22)31-17(3)37/h5-7,10,12,14-16H,8-9,11,13H2,1-4H3,(H,32,38)(H,31,33,37). The number of benzene rings is 1. The monoisotopic (exact) mass is 547 g/mol. The van der Waals surface area contributed by atoms with Crippen molar-refractivity contribution in [1.29, 1.82) is 0 Å². The molecule has 0 bridgehead atoms. The zero-order valence-electron chi connectivity index (χ0n) is 22.3. The summed E-state index contributed by atoms with van der Waals surface area (Å²) in [6.07, 6.45) is 5.09. The van der Waals surface area contributed by atoms with Gasteiger partial charge in [0.25, 0.3) is 0 Å². The zero-order chi connectivity index (χ0) is 27.7. The molecule has 0 unspecified atom stereocenters. The van der Waals surface area contributed by atoms with Crippen LogP contribution >= 0.6 is 11.3 Å². The van der Waals surface area contributed by atoms with Gasteiger partial charge in [0.05, 0.1) is 22.0 Å².